The van der Waals surface area contributed by atoms with Crippen LogP contribution >= 0.6 is 0 Å². The standard InChI is InChI=1S/C38H46N4O7/c43-25-27-12-14-28(15-13-27)34-22-31(24-41-20-18-30(19-21-41)42-33-7-5-4-6-32(33)40-38(42)47)48-37(49-34)29-16-10-26(11-17-29)23-39-35(44)8-2-1-3-9-36(45)46/h4-7,10-17,30-31,34,37,43H,1-3,8-9,18-25H2,(H,39,44)(H,40,47)(H,45,46). The SMILES string of the molecule is O=C(O)CCCCCC(=O)NCc1ccc(C2OC(CN3CCC(n4c(=O)[nH]c5ccccc54)CC3)CC(c3ccc(CO)cc3)O2)cc1. The fourth-order valence-corrected chi connectivity index (χ4v) is 6.94. The number of aliphatic carboxylic acids is 1. The molecule has 3 aromatic carbocycles. The first-order valence-corrected chi connectivity index (χ1v) is 17.4. The van der Waals surface area contributed by atoms with Crippen molar-refractivity contribution >= 4 is 22.9 Å². The third-order valence-corrected chi connectivity index (χ3v) is 9.66. The van der Waals surface area contributed by atoms with Gasteiger partial charge in [0.25, 0.3) is 0 Å². The highest BCUT2D eigenvalue weighted by atomic mass is 16.7. The van der Waals surface area contributed by atoms with Crippen molar-refractivity contribution in [1.29, 1.82) is 0 Å². The van der Waals surface area contributed by atoms with Gasteiger partial charge in [0.1, 0.15) is 0 Å². The highest BCUT2D eigenvalue weighted by molar-refractivity contribution is 5.76. The molecule has 6 rings (SSSR count). The van der Waals surface area contributed by atoms with Gasteiger partial charge in [-0.05, 0) is 54.5 Å². The Balaban J connectivity index is 1.07. The summed E-state index contributed by atoms with van der Waals surface area (Å²) in [5.41, 5.74) is 5.52. The molecule has 3 heterocycles. The lowest BCUT2D eigenvalue weighted by molar-refractivity contribution is -0.253. The van der Waals surface area contributed by atoms with E-state index in [2.05, 4.69) is 15.2 Å². The number of carboxylic acids is 1. The van der Waals surface area contributed by atoms with E-state index < -0.39 is 12.3 Å². The van der Waals surface area contributed by atoms with Crippen LogP contribution in [0.4, 0.5) is 0 Å². The van der Waals surface area contributed by atoms with Gasteiger partial charge in [-0.15, -0.1) is 0 Å². The Bertz CT molecular complexity index is 1740. The van der Waals surface area contributed by atoms with Crippen molar-refractivity contribution in [2.75, 3.05) is 19.6 Å². The maximum absolute atomic E-state index is 12.8. The Kier molecular flexibility index (Phi) is 11.6. The summed E-state index contributed by atoms with van der Waals surface area (Å²) in [7, 11) is 0. The molecule has 0 radical (unpaired) electrons. The summed E-state index contributed by atoms with van der Waals surface area (Å²) in [5.74, 6) is -0.855. The quantitative estimate of drug-likeness (QED) is 0.131. The van der Waals surface area contributed by atoms with Gasteiger partial charge in [-0.2, -0.15) is 0 Å². The fourth-order valence-electron chi connectivity index (χ4n) is 6.94. The maximum Gasteiger partial charge on any atom is 0.326 e. The van der Waals surface area contributed by atoms with Crippen LogP contribution in [0.25, 0.3) is 11.0 Å². The number of carbonyl (C=O) groups excluding carboxylic acids is 1. The average molecular weight is 671 g/mol. The van der Waals surface area contributed by atoms with Crippen LogP contribution in [-0.2, 0) is 32.2 Å². The fraction of sp³-hybridized carbons (Fsp3) is 0.447. The number of ether oxygens (including phenoxy) is 2. The molecule has 49 heavy (non-hydrogen) atoms. The number of nitrogens with one attached hydrogen (secondary N) is 2. The number of unbranched alkanes of at least 4 members (excludes halogenated alkanes) is 2. The van der Waals surface area contributed by atoms with Gasteiger partial charge >= 0.3 is 11.7 Å². The third kappa shape index (κ3) is 9.04. The third-order valence-electron chi connectivity index (χ3n) is 9.66. The number of hydrogen-bond donors (Lipinski definition) is 4. The lowest BCUT2D eigenvalue weighted by atomic mass is 9.98. The Morgan fingerprint density at radius 3 is 2.29 bits per heavy atom. The topological polar surface area (TPSA) is 146 Å². The monoisotopic (exact) mass is 670 g/mol. The number of carboxylic acid groups (broad SMARTS) is 1. The molecule has 260 valence electrons. The number of piperidine rings is 1. The molecule has 2 fully saturated rings. The molecule has 4 N–H and O–H groups in total. The van der Waals surface area contributed by atoms with E-state index >= 15 is 0 Å². The Morgan fingerprint density at radius 2 is 1.55 bits per heavy atom. The van der Waals surface area contributed by atoms with Crippen molar-refractivity contribution < 1.29 is 29.3 Å². The van der Waals surface area contributed by atoms with Crippen LogP contribution in [0.1, 0.15) is 92.1 Å². The minimum atomic E-state index is -0.808. The second-order valence-electron chi connectivity index (χ2n) is 13.2. The largest absolute Gasteiger partial charge is 0.481 e. The zero-order valence-electron chi connectivity index (χ0n) is 27.8. The number of aliphatic hydroxyl groups is 1. The van der Waals surface area contributed by atoms with Gasteiger partial charge in [-0.25, -0.2) is 4.79 Å². The van der Waals surface area contributed by atoms with Gasteiger partial charge in [0.2, 0.25) is 5.91 Å². The summed E-state index contributed by atoms with van der Waals surface area (Å²) in [6.45, 7) is 2.87. The Hall–Kier alpha value is -4.29. The minimum Gasteiger partial charge on any atom is -0.481 e. The van der Waals surface area contributed by atoms with Crippen molar-refractivity contribution in [1.82, 2.24) is 19.8 Å². The lowest BCUT2D eigenvalue weighted by Gasteiger charge is -2.40. The molecule has 2 saturated heterocycles. The number of hydrogen-bond acceptors (Lipinski definition) is 7. The molecular weight excluding hydrogens is 624 g/mol. The van der Waals surface area contributed by atoms with Gasteiger partial charge < -0.3 is 34.9 Å². The minimum absolute atomic E-state index is 0.0135. The van der Waals surface area contributed by atoms with Gasteiger partial charge in [0.15, 0.2) is 6.29 Å². The number of para-hydroxylation sites is 2. The molecule has 2 aliphatic heterocycles. The molecule has 2 aliphatic rings. The van der Waals surface area contributed by atoms with Crippen LogP contribution in [0, 0.1) is 0 Å². The highest BCUT2D eigenvalue weighted by Crippen LogP contribution is 2.38. The zero-order chi connectivity index (χ0) is 34.2. The summed E-state index contributed by atoms with van der Waals surface area (Å²) in [6.07, 6.45) is 4.09. The van der Waals surface area contributed by atoms with Crippen molar-refractivity contribution in [3.05, 3.63) is 106 Å². The molecular formula is C38H46N4O7. The lowest BCUT2D eigenvalue weighted by Crippen LogP contribution is -2.43. The summed E-state index contributed by atoms with van der Waals surface area (Å²) < 4.78 is 15.0. The van der Waals surface area contributed by atoms with Crippen molar-refractivity contribution in [2.24, 2.45) is 0 Å². The predicted molar refractivity (Wildman–Crippen MR) is 185 cm³/mol. The number of carbonyl (C=O) groups is 2. The molecule has 3 unspecified atom stereocenters. The Morgan fingerprint density at radius 1 is 0.857 bits per heavy atom. The molecule has 0 bridgehead atoms. The van der Waals surface area contributed by atoms with Crippen LogP contribution in [0.2, 0.25) is 0 Å². The molecule has 0 aliphatic carbocycles. The van der Waals surface area contributed by atoms with Crippen LogP contribution < -0.4 is 11.0 Å². The molecule has 11 nitrogen and oxygen atoms in total. The van der Waals surface area contributed by atoms with Gasteiger partial charge in [0.05, 0.1) is 29.8 Å². The number of aromatic nitrogens is 2. The molecule has 4 aromatic rings. The molecule has 3 atom stereocenters. The van der Waals surface area contributed by atoms with Gasteiger partial charge in [-0.3, -0.25) is 14.2 Å². The summed E-state index contributed by atoms with van der Waals surface area (Å²) >= 11 is 0. The van der Waals surface area contributed by atoms with E-state index in [-0.39, 0.29) is 42.9 Å². The van der Waals surface area contributed by atoms with E-state index in [1.54, 1.807) is 0 Å². The van der Waals surface area contributed by atoms with Gasteiger partial charge in [0, 0.05) is 57.0 Å². The Labute approximate surface area is 285 Å². The van der Waals surface area contributed by atoms with E-state index in [9.17, 15) is 19.5 Å². The predicted octanol–water partition coefficient (Wildman–Crippen LogP) is 5.36. The molecule has 0 spiro atoms. The average Bonchev–Trinajstić information content (AvgIpc) is 3.46. The summed E-state index contributed by atoms with van der Waals surface area (Å²) in [6, 6.07) is 23.8. The van der Waals surface area contributed by atoms with Crippen LogP contribution in [-0.4, -0.2) is 62.3 Å². The second-order valence-corrected chi connectivity index (χ2v) is 13.2. The van der Waals surface area contributed by atoms with E-state index in [1.807, 2.05) is 77.4 Å². The van der Waals surface area contributed by atoms with Crippen molar-refractivity contribution in [3.63, 3.8) is 0 Å². The number of aliphatic hydroxyl groups excluding tert-OH is 1. The van der Waals surface area contributed by atoms with Gasteiger partial charge in [-0.1, -0.05) is 67.1 Å². The number of rotatable bonds is 14. The second kappa shape index (κ2) is 16.4. The normalized spacial score (nSPS) is 20.4. The first-order valence-electron chi connectivity index (χ1n) is 17.4. The van der Waals surface area contributed by atoms with E-state index in [0.717, 1.165) is 65.8 Å². The number of fused-ring (bicyclic) bond motifs is 1. The molecule has 1 amide bonds. The van der Waals surface area contributed by atoms with Crippen LogP contribution in [0.5, 0.6) is 0 Å². The molecule has 0 saturated carbocycles. The number of aromatic amines is 1. The number of amides is 1. The number of imidazole rings is 1. The number of nitrogens with zero attached hydrogens (tertiary/aromatic N) is 2. The summed E-state index contributed by atoms with van der Waals surface area (Å²) in [4.78, 5) is 41.1. The number of benzene rings is 3. The van der Waals surface area contributed by atoms with Crippen molar-refractivity contribution in [3.8, 4) is 0 Å². The highest BCUT2D eigenvalue weighted by Gasteiger charge is 2.34. The maximum atomic E-state index is 12.8. The summed E-state index contributed by atoms with van der Waals surface area (Å²) in [5, 5.41) is 21.2. The van der Waals surface area contributed by atoms with E-state index in [1.165, 1.54) is 0 Å². The van der Waals surface area contributed by atoms with Crippen LogP contribution in [0.3, 0.4) is 0 Å². The molecule has 1 aromatic heterocycles. The number of H-pyrrole nitrogens is 1. The first kappa shape index (κ1) is 34.6. The van der Waals surface area contributed by atoms with E-state index in [0.29, 0.717) is 38.6 Å². The number of likely N-dealkylation sites (tertiary alicyclic amines) is 1. The zero-order valence-corrected chi connectivity index (χ0v) is 27.8. The smallest absolute Gasteiger partial charge is 0.326 e. The first-order chi connectivity index (χ1) is 23.9. The van der Waals surface area contributed by atoms with Crippen LogP contribution in [0.15, 0.2) is 77.6 Å². The van der Waals surface area contributed by atoms with Crippen molar-refractivity contribution in [2.45, 2.75) is 89.1 Å². The van der Waals surface area contributed by atoms with E-state index in [4.69, 9.17) is 14.6 Å². The molecule has 11 heteroatoms.